The number of alkyl halides is 1. The largest absolute Gasteiger partial charge is 0.462 e. The van der Waals surface area contributed by atoms with Crippen molar-refractivity contribution in [2.45, 2.75) is 64.4 Å². The van der Waals surface area contributed by atoms with Gasteiger partial charge in [-0.1, -0.05) is 75.6 Å². The summed E-state index contributed by atoms with van der Waals surface area (Å²) in [4.78, 5) is 0. The Morgan fingerprint density at radius 3 is 1.50 bits per heavy atom. The van der Waals surface area contributed by atoms with E-state index in [1.807, 2.05) is 0 Å². The summed E-state index contributed by atoms with van der Waals surface area (Å²) in [5, 5.41) is 0.952. The van der Waals surface area contributed by atoms with Crippen LogP contribution in [0.25, 0.3) is 0 Å². The molecule has 0 saturated carbocycles. The van der Waals surface area contributed by atoms with E-state index in [1.54, 1.807) is 0 Å². The molecule has 0 aromatic heterocycles. The van der Waals surface area contributed by atoms with E-state index >= 15 is 0 Å². The molecule has 0 atom stereocenters. The van der Waals surface area contributed by atoms with E-state index in [9.17, 15) is 0 Å². The van der Waals surface area contributed by atoms with Crippen molar-refractivity contribution in [3.8, 4) is 0 Å². The van der Waals surface area contributed by atoms with Gasteiger partial charge in [-0.2, -0.15) is 0 Å². The van der Waals surface area contributed by atoms with Gasteiger partial charge >= 0.3 is 7.12 Å². The van der Waals surface area contributed by atoms with Crippen molar-refractivity contribution in [3.63, 3.8) is 0 Å². The van der Waals surface area contributed by atoms with E-state index in [0.717, 1.165) is 11.7 Å². The Hall–Kier alpha value is -1.10. The van der Waals surface area contributed by atoms with Gasteiger partial charge in [-0.15, -0.1) is 0 Å². The SMILES string of the molecule is Cc1ccc(CB2OC(C)(C)C(C)(C)O2)cc1.Cc1ccc(CBr)cc1. The maximum absolute atomic E-state index is 5.98. The highest BCUT2D eigenvalue weighted by atomic mass is 79.9. The summed E-state index contributed by atoms with van der Waals surface area (Å²) in [6.07, 6.45) is 0.813. The number of hydrogen-bond donors (Lipinski definition) is 0. The summed E-state index contributed by atoms with van der Waals surface area (Å²) in [6.45, 7) is 12.5. The summed E-state index contributed by atoms with van der Waals surface area (Å²) < 4.78 is 12.0. The average Bonchev–Trinajstić information content (AvgIpc) is 2.78. The van der Waals surface area contributed by atoms with Crippen molar-refractivity contribution < 1.29 is 9.31 Å². The van der Waals surface area contributed by atoms with Crippen LogP contribution in [-0.4, -0.2) is 18.3 Å². The first-order chi connectivity index (χ1) is 12.1. The molecular formula is C22H30BBrO2. The third-order valence-corrected chi connectivity index (χ3v) is 5.75. The molecule has 26 heavy (non-hydrogen) atoms. The molecule has 2 nitrogen and oxygen atoms in total. The third-order valence-electron chi connectivity index (χ3n) is 5.10. The van der Waals surface area contributed by atoms with Crippen molar-refractivity contribution in [2.24, 2.45) is 0 Å². The predicted molar refractivity (Wildman–Crippen MR) is 115 cm³/mol. The molecule has 2 aromatic rings. The molecule has 0 radical (unpaired) electrons. The first kappa shape index (κ1) is 21.2. The number of rotatable bonds is 3. The van der Waals surface area contributed by atoms with Crippen LogP contribution in [0.5, 0.6) is 0 Å². The topological polar surface area (TPSA) is 18.5 Å². The second kappa shape index (κ2) is 8.73. The van der Waals surface area contributed by atoms with E-state index in [4.69, 9.17) is 9.31 Å². The van der Waals surface area contributed by atoms with Crippen molar-refractivity contribution in [1.82, 2.24) is 0 Å². The molecule has 0 spiro atoms. The van der Waals surface area contributed by atoms with Crippen LogP contribution in [0.15, 0.2) is 48.5 Å². The second-order valence-electron chi connectivity index (χ2n) is 7.99. The van der Waals surface area contributed by atoms with E-state index in [2.05, 4.69) is 106 Å². The first-order valence-corrected chi connectivity index (χ1v) is 10.3. The highest BCUT2D eigenvalue weighted by Gasteiger charge is 2.50. The van der Waals surface area contributed by atoms with Crippen molar-refractivity contribution in [3.05, 3.63) is 70.8 Å². The Kier molecular flexibility index (Phi) is 7.12. The molecule has 1 aliphatic heterocycles. The maximum Gasteiger partial charge on any atom is 0.462 e. The minimum Gasteiger partial charge on any atom is -0.403 e. The fourth-order valence-electron chi connectivity index (χ4n) is 2.64. The van der Waals surface area contributed by atoms with Gasteiger partial charge in [0, 0.05) is 11.7 Å². The zero-order chi connectivity index (χ0) is 19.4. The first-order valence-electron chi connectivity index (χ1n) is 9.16. The molecule has 1 saturated heterocycles. The summed E-state index contributed by atoms with van der Waals surface area (Å²) in [5.74, 6) is 0. The van der Waals surface area contributed by atoms with E-state index < -0.39 is 0 Å². The standard InChI is InChI=1S/C14H21BO2.C8H9Br/c1-11-6-8-12(9-7-11)10-15-16-13(2,3)14(4,5)17-15;1-7-2-4-8(6-9)5-3-7/h6-9H,10H2,1-5H3;2-5H,6H2,1H3. The molecule has 3 rings (SSSR count). The molecule has 0 N–H and O–H groups in total. The van der Waals surface area contributed by atoms with Gasteiger partial charge in [0.05, 0.1) is 11.2 Å². The second-order valence-corrected chi connectivity index (χ2v) is 8.56. The fourth-order valence-corrected chi connectivity index (χ4v) is 3.02. The Bertz CT molecular complexity index is 677. The van der Waals surface area contributed by atoms with Crippen LogP contribution >= 0.6 is 15.9 Å². The van der Waals surface area contributed by atoms with Gasteiger partial charge in [-0.25, -0.2) is 0 Å². The van der Waals surface area contributed by atoms with Gasteiger partial charge in [0.15, 0.2) is 0 Å². The zero-order valence-electron chi connectivity index (χ0n) is 16.8. The van der Waals surface area contributed by atoms with Gasteiger partial charge in [0.2, 0.25) is 0 Å². The van der Waals surface area contributed by atoms with Crippen molar-refractivity contribution in [2.75, 3.05) is 0 Å². The smallest absolute Gasteiger partial charge is 0.403 e. The normalized spacial score (nSPS) is 17.6. The third kappa shape index (κ3) is 5.70. The van der Waals surface area contributed by atoms with Gasteiger partial charge in [-0.3, -0.25) is 0 Å². The number of halogens is 1. The Labute approximate surface area is 167 Å². The lowest BCUT2D eigenvalue weighted by Gasteiger charge is -2.32. The average molecular weight is 417 g/mol. The van der Waals surface area contributed by atoms with Crippen LogP contribution < -0.4 is 0 Å². The van der Waals surface area contributed by atoms with Crippen LogP contribution in [0.2, 0.25) is 0 Å². The lowest BCUT2D eigenvalue weighted by Crippen LogP contribution is -2.41. The molecule has 0 aliphatic carbocycles. The van der Waals surface area contributed by atoms with Crippen LogP contribution in [0.1, 0.15) is 49.9 Å². The molecule has 0 unspecified atom stereocenters. The van der Waals surface area contributed by atoms with Gasteiger partial charge < -0.3 is 9.31 Å². The van der Waals surface area contributed by atoms with Gasteiger partial charge in [0.25, 0.3) is 0 Å². The lowest BCUT2D eigenvalue weighted by atomic mass is 9.80. The summed E-state index contributed by atoms with van der Waals surface area (Å²) in [6, 6.07) is 17.0. The summed E-state index contributed by atoms with van der Waals surface area (Å²) in [7, 11) is -0.136. The van der Waals surface area contributed by atoms with Crippen molar-refractivity contribution >= 4 is 23.0 Å². The Morgan fingerprint density at radius 2 is 1.12 bits per heavy atom. The molecule has 1 aliphatic rings. The molecule has 2 aromatic carbocycles. The van der Waals surface area contributed by atoms with Crippen LogP contribution in [0.3, 0.4) is 0 Å². The molecule has 1 fully saturated rings. The van der Waals surface area contributed by atoms with Gasteiger partial charge in [0.1, 0.15) is 0 Å². The molecule has 140 valence electrons. The molecule has 1 heterocycles. The minimum absolute atomic E-state index is 0.136. The Balaban J connectivity index is 0.000000228. The number of benzene rings is 2. The summed E-state index contributed by atoms with van der Waals surface area (Å²) in [5.41, 5.74) is 4.72. The molecule has 0 amide bonds. The molecule has 4 heteroatoms. The molecular weight excluding hydrogens is 387 g/mol. The van der Waals surface area contributed by atoms with Crippen LogP contribution in [0.4, 0.5) is 0 Å². The fraction of sp³-hybridized carbons (Fsp3) is 0.455. The van der Waals surface area contributed by atoms with E-state index in [0.29, 0.717) is 0 Å². The van der Waals surface area contributed by atoms with Crippen LogP contribution in [-0.2, 0) is 21.0 Å². The monoisotopic (exact) mass is 416 g/mol. The molecule has 0 bridgehead atoms. The summed E-state index contributed by atoms with van der Waals surface area (Å²) >= 11 is 3.38. The maximum atomic E-state index is 5.98. The van der Waals surface area contributed by atoms with E-state index in [-0.39, 0.29) is 18.3 Å². The van der Waals surface area contributed by atoms with Crippen LogP contribution in [0, 0.1) is 13.8 Å². The van der Waals surface area contributed by atoms with Crippen molar-refractivity contribution in [1.29, 1.82) is 0 Å². The number of aryl methyl sites for hydroxylation is 2. The quantitative estimate of drug-likeness (QED) is 0.447. The zero-order valence-corrected chi connectivity index (χ0v) is 18.4. The van der Waals surface area contributed by atoms with Gasteiger partial charge in [-0.05, 0) is 52.7 Å². The van der Waals surface area contributed by atoms with E-state index in [1.165, 1.54) is 22.3 Å². The number of hydrogen-bond acceptors (Lipinski definition) is 2. The minimum atomic E-state index is -0.234. The Morgan fingerprint density at radius 1 is 0.731 bits per heavy atom. The highest BCUT2D eigenvalue weighted by Crippen LogP contribution is 2.37. The lowest BCUT2D eigenvalue weighted by molar-refractivity contribution is 0.00578. The predicted octanol–water partition coefficient (Wildman–Crippen LogP) is 6.06. The highest BCUT2D eigenvalue weighted by molar-refractivity contribution is 9.08.